The van der Waals surface area contributed by atoms with Crippen LogP contribution >= 0.6 is 23.8 Å². The van der Waals surface area contributed by atoms with Crippen LogP contribution in [0.2, 0.25) is 0 Å². The monoisotopic (exact) mass is 301 g/mol. The molecule has 1 heterocycles. The second-order valence-corrected chi connectivity index (χ2v) is 6.76. The molecule has 0 saturated carbocycles. The molecular weight excluding hydrogens is 286 g/mol. The van der Waals surface area contributed by atoms with Crippen molar-refractivity contribution in [1.29, 1.82) is 0 Å². The zero-order valence-corrected chi connectivity index (χ0v) is 11.9. The first-order valence-electron chi connectivity index (χ1n) is 5.30. The summed E-state index contributed by atoms with van der Waals surface area (Å²) in [6.07, 6.45) is 0. The third-order valence-electron chi connectivity index (χ3n) is 2.25. The van der Waals surface area contributed by atoms with E-state index in [4.69, 9.17) is 33.3 Å². The predicted octanol–water partition coefficient (Wildman–Crippen LogP) is 0.318. The highest BCUT2D eigenvalue weighted by molar-refractivity contribution is 7.91. The molecule has 0 bridgehead atoms. The Hall–Kier alpha value is -0.110. The Bertz CT molecular complexity index is 360. The van der Waals surface area contributed by atoms with Crippen molar-refractivity contribution in [2.75, 3.05) is 31.3 Å². The molecule has 5 nitrogen and oxygen atoms in total. The Kier molecular flexibility index (Phi) is 5.91. The lowest BCUT2D eigenvalue weighted by molar-refractivity contribution is 0.105. The quantitative estimate of drug-likeness (QED) is 0.448. The van der Waals surface area contributed by atoms with Crippen molar-refractivity contribution in [1.82, 2.24) is 5.32 Å². The Morgan fingerprint density at radius 1 is 1.47 bits per heavy atom. The van der Waals surface area contributed by atoms with Crippen LogP contribution in [-0.4, -0.2) is 56.3 Å². The van der Waals surface area contributed by atoms with Crippen molar-refractivity contribution in [3.63, 3.8) is 0 Å². The molecule has 0 unspecified atom stereocenters. The number of rotatable bonds is 5. The molecule has 1 rings (SSSR count). The molecule has 1 aliphatic rings. The molecule has 1 fully saturated rings. The molecule has 100 valence electrons. The van der Waals surface area contributed by atoms with Gasteiger partial charge in [0.25, 0.3) is 5.17 Å². The highest BCUT2D eigenvalue weighted by Crippen LogP contribution is 2.17. The molecule has 0 spiro atoms. The topological polar surface area (TPSA) is 64.6 Å². The van der Waals surface area contributed by atoms with Gasteiger partial charge in [0.05, 0.1) is 29.5 Å². The fraction of sp³-hybridized carbons (Fsp3) is 0.889. The minimum atomic E-state index is -3.05. The summed E-state index contributed by atoms with van der Waals surface area (Å²) in [5.41, 5.74) is 0. The standard InChI is InChI=1S/C9H16ClNO4S2/c1-2-14-3-4-15-9(16)11-8-6-17(12,13)5-7(8)10/h7-8H,2-6H2,1H3,(H,11,16)/t7-,8-/m1/s1. The number of hydrogen-bond acceptors (Lipinski definition) is 5. The average Bonchev–Trinajstić information content (AvgIpc) is 2.47. The van der Waals surface area contributed by atoms with Crippen molar-refractivity contribution in [2.24, 2.45) is 0 Å². The van der Waals surface area contributed by atoms with Gasteiger partial charge >= 0.3 is 0 Å². The summed E-state index contributed by atoms with van der Waals surface area (Å²) < 4.78 is 32.8. The van der Waals surface area contributed by atoms with Crippen molar-refractivity contribution in [3.8, 4) is 0 Å². The summed E-state index contributed by atoms with van der Waals surface area (Å²) in [6.45, 7) is 3.30. The van der Waals surface area contributed by atoms with E-state index in [9.17, 15) is 8.42 Å². The van der Waals surface area contributed by atoms with E-state index in [1.54, 1.807) is 0 Å². The molecule has 1 N–H and O–H groups in total. The summed E-state index contributed by atoms with van der Waals surface area (Å²) in [5, 5.41) is 2.50. The van der Waals surface area contributed by atoms with E-state index in [1.807, 2.05) is 6.92 Å². The summed E-state index contributed by atoms with van der Waals surface area (Å²) >= 11 is 10.8. The lowest BCUT2D eigenvalue weighted by Crippen LogP contribution is -2.41. The molecule has 1 aliphatic heterocycles. The van der Waals surface area contributed by atoms with Crippen molar-refractivity contribution in [2.45, 2.75) is 18.3 Å². The minimum absolute atomic E-state index is 0.00384. The van der Waals surface area contributed by atoms with Gasteiger partial charge in [-0.3, -0.25) is 0 Å². The first kappa shape index (κ1) is 14.9. The van der Waals surface area contributed by atoms with Gasteiger partial charge in [0.1, 0.15) is 6.61 Å². The Morgan fingerprint density at radius 2 is 2.18 bits per heavy atom. The van der Waals surface area contributed by atoms with Crippen LogP contribution in [0.1, 0.15) is 6.92 Å². The van der Waals surface area contributed by atoms with Crippen molar-refractivity contribution < 1.29 is 17.9 Å². The third-order valence-corrected chi connectivity index (χ3v) is 4.86. The highest BCUT2D eigenvalue weighted by atomic mass is 35.5. The SMILES string of the molecule is CCOCCOC(=S)N[C@@H]1CS(=O)(=O)C[C@H]1Cl. The summed E-state index contributed by atoms with van der Waals surface area (Å²) in [6, 6.07) is -0.374. The third kappa shape index (κ3) is 5.37. The molecule has 8 heteroatoms. The fourth-order valence-electron chi connectivity index (χ4n) is 1.47. The second-order valence-electron chi connectivity index (χ2n) is 3.68. The largest absolute Gasteiger partial charge is 0.469 e. The molecule has 0 radical (unpaired) electrons. The van der Waals surface area contributed by atoms with Gasteiger partial charge < -0.3 is 14.8 Å². The van der Waals surface area contributed by atoms with E-state index in [0.29, 0.717) is 19.8 Å². The maximum Gasteiger partial charge on any atom is 0.257 e. The van der Waals surface area contributed by atoms with Crippen LogP contribution in [0.3, 0.4) is 0 Å². The summed E-state index contributed by atoms with van der Waals surface area (Å²) in [4.78, 5) is 0. The van der Waals surface area contributed by atoms with Gasteiger partial charge in [-0.2, -0.15) is 0 Å². The van der Waals surface area contributed by atoms with E-state index in [-0.39, 0.29) is 22.7 Å². The predicted molar refractivity (Wildman–Crippen MR) is 70.3 cm³/mol. The average molecular weight is 302 g/mol. The normalized spacial score (nSPS) is 26.7. The van der Waals surface area contributed by atoms with Gasteiger partial charge in [-0.15, -0.1) is 11.6 Å². The van der Waals surface area contributed by atoms with Gasteiger partial charge in [-0.05, 0) is 19.1 Å². The zero-order valence-electron chi connectivity index (χ0n) is 9.52. The van der Waals surface area contributed by atoms with E-state index < -0.39 is 15.2 Å². The molecule has 17 heavy (non-hydrogen) atoms. The Labute approximate surface area is 112 Å². The smallest absolute Gasteiger partial charge is 0.257 e. The number of nitrogens with one attached hydrogen (secondary N) is 1. The van der Waals surface area contributed by atoms with Gasteiger partial charge in [0.2, 0.25) is 0 Å². The number of halogens is 1. The van der Waals surface area contributed by atoms with Gasteiger partial charge in [-0.1, -0.05) is 0 Å². The Balaban J connectivity index is 2.27. The summed E-state index contributed by atoms with van der Waals surface area (Å²) in [7, 11) is -3.05. The fourth-order valence-corrected chi connectivity index (χ4v) is 4.25. The van der Waals surface area contributed by atoms with Gasteiger partial charge in [0, 0.05) is 6.61 Å². The van der Waals surface area contributed by atoms with Crippen molar-refractivity contribution in [3.05, 3.63) is 0 Å². The molecule has 0 aromatic carbocycles. The zero-order chi connectivity index (χ0) is 12.9. The maximum absolute atomic E-state index is 11.3. The Morgan fingerprint density at radius 3 is 2.71 bits per heavy atom. The number of sulfone groups is 1. The van der Waals surface area contributed by atoms with Crippen LogP contribution in [0, 0.1) is 0 Å². The van der Waals surface area contributed by atoms with Crippen LogP contribution in [-0.2, 0) is 19.3 Å². The van der Waals surface area contributed by atoms with E-state index in [1.165, 1.54) is 0 Å². The molecule has 0 aliphatic carbocycles. The number of thiocarbonyl (C=S) groups is 1. The molecular formula is C9H16ClNO4S2. The van der Waals surface area contributed by atoms with Gasteiger partial charge in [-0.25, -0.2) is 8.42 Å². The van der Waals surface area contributed by atoms with Crippen LogP contribution in [0.5, 0.6) is 0 Å². The van der Waals surface area contributed by atoms with Crippen LogP contribution in [0.25, 0.3) is 0 Å². The first-order chi connectivity index (χ1) is 7.94. The number of alkyl halides is 1. The van der Waals surface area contributed by atoms with E-state index in [2.05, 4.69) is 5.32 Å². The highest BCUT2D eigenvalue weighted by Gasteiger charge is 2.36. The maximum atomic E-state index is 11.3. The lowest BCUT2D eigenvalue weighted by Gasteiger charge is -2.16. The van der Waals surface area contributed by atoms with E-state index >= 15 is 0 Å². The number of hydrogen-bond donors (Lipinski definition) is 1. The number of ether oxygens (including phenoxy) is 2. The molecule has 2 atom stereocenters. The summed E-state index contributed by atoms with van der Waals surface area (Å²) in [5.74, 6) is -0.0239. The van der Waals surface area contributed by atoms with Crippen LogP contribution in [0.15, 0.2) is 0 Å². The van der Waals surface area contributed by atoms with Gasteiger partial charge in [0.15, 0.2) is 9.84 Å². The molecule has 0 aromatic heterocycles. The first-order valence-corrected chi connectivity index (χ1v) is 7.96. The molecule has 0 amide bonds. The molecule has 1 saturated heterocycles. The molecule has 0 aromatic rings. The minimum Gasteiger partial charge on any atom is -0.469 e. The van der Waals surface area contributed by atoms with Crippen LogP contribution < -0.4 is 5.32 Å². The lowest BCUT2D eigenvalue weighted by atomic mass is 10.3. The van der Waals surface area contributed by atoms with E-state index in [0.717, 1.165) is 0 Å². The van der Waals surface area contributed by atoms with Crippen LogP contribution in [0.4, 0.5) is 0 Å². The second kappa shape index (κ2) is 6.72. The van der Waals surface area contributed by atoms with Crippen molar-refractivity contribution >= 4 is 38.8 Å².